The molecule has 1 saturated heterocycles. The molecule has 3 unspecified atom stereocenters. The van der Waals surface area contributed by atoms with Gasteiger partial charge in [-0.1, -0.05) is 24.6 Å². The lowest BCUT2D eigenvalue weighted by atomic mass is 10.0. The van der Waals surface area contributed by atoms with Crippen LogP contribution < -0.4 is 5.32 Å². The molecule has 11 heteroatoms. The molecule has 2 aliphatic rings. The monoisotopic (exact) mass is 490 g/mol. The highest BCUT2D eigenvalue weighted by Gasteiger charge is 2.35. The van der Waals surface area contributed by atoms with Crippen LogP contribution in [-0.4, -0.2) is 53.2 Å². The van der Waals surface area contributed by atoms with E-state index in [2.05, 4.69) is 5.32 Å². The average molecular weight is 491 g/mol. The van der Waals surface area contributed by atoms with Crippen LogP contribution in [0.2, 0.25) is 0 Å². The number of carbonyl (C=O) groups excluding carboxylic acids is 4. The number of amides is 2. The second kappa shape index (κ2) is 12.7. The number of allylic oxidation sites excluding steroid dienone is 1. The molecule has 1 heterocycles. The van der Waals surface area contributed by atoms with E-state index in [-0.39, 0.29) is 31.1 Å². The van der Waals surface area contributed by atoms with Gasteiger partial charge in [-0.05, 0) is 50.8 Å². The summed E-state index contributed by atoms with van der Waals surface area (Å²) in [5.41, 5.74) is 0.653. The topological polar surface area (TPSA) is 141 Å². The minimum Gasteiger partial charge on any atom is -0.463 e. The third-order valence-electron chi connectivity index (χ3n) is 5.45. The van der Waals surface area contributed by atoms with Crippen molar-refractivity contribution < 1.29 is 43.3 Å². The normalized spacial score (nSPS) is 21.8. The molecule has 0 aromatic heterocycles. The van der Waals surface area contributed by atoms with Crippen LogP contribution in [0.1, 0.15) is 63.5 Å². The highest BCUT2D eigenvalue weighted by Crippen LogP contribution is 2.24. The van der Waals surface area contributed by atoms with Gasteiger partial charge in [-0.15, -0.1) is 5.06 Å². The number of aliphatic hydroxyl groups excluding tert-OH is 1. The minimum atomic E-state index is -1.49. The molecule has 1 aliphatic heterocycles. The van der Waals surface area contributed by atoms with Crippen LogP contribution in [0.3, 0.4) is 0 Å². The Morgan fingerprint density at radius 3 is 2.60 bits per heavy atom. The van der Waals surface area contributed by atoms with Gasteiger partial charge in [0, 0.05) is 24.1 Å². The first kappa shape index (κ1) is 26.0. The van der Waals surface area contributed by atoms with E-state index in [1.165, 1.54) is 24.3 Å². The van der Waals surface area contributed by atoms with Crippen LogP contribution in [0.4, 0.5) is 15.3 Å². The summed E-state index contributed by atoms with van der Waals surface area (Å²) in [6, 6.07) is 5.96. The molecule has 11 nitrogen and oxygen atoms in total. The lowest BCUT2D eigenvalue weighted by Crippen LogP contribution is -2.36. The number of hydrogen-bond acceptors (Lipinski definition) is 9. The third kappa shape index (κ3) is 7.71. The van der Waals surface area contributed by atoms with Crippen molar-refractivity contribution in [3.05, 3.63) is 42.0 Å². The van der Waals surface area contributed by atoms with Crippen molar-refractivity contribution in [2.75, 3.05) is 11.9 Å². The first-order valence-electron chi connectivity index (χ1n) is 11.7. The van der Waals surface area contributed by atoms with Crippen LogP contribution in [-0.2, 0) is 28.6 Å². The summed E-state index contributed by atoms with van der Waals surface area (Å²) in [7, 11) is 0. The Kier molecular flexibility index (Phi) is 9.47. The van der Waals surface area contributed by atoms with Crippen molar-refractivity contribution >= 4 is 29.8 Å². The fraction of sp³-hybridized carbons (Fsp3) is 0.500. The maximum atomic E-state index is 12.4. The van der Waals surface area contributed by atoms with Gasteiger partial charge in [-0.2, -0.15) is 0 Å². The lowest BCUT2D eigenvalue weighted by molar-refractivity contribution is -0.203. The minimum absolute atomic E-state index is 0.0175. The number of esters is 1. The molecule has 1 aromatic rings. The van der Waals surface area contributed by atoms with E-state index in [1.807, 2.05) is 12.2 Å². The van der Waals surface area contributed by atoms with Gasteiger partial charge in [-0.3, -0.25) is 10.1 Å². The van der Waals surface area contributed by atoms with Crippen molar-refractivity contribution in [2.45, 2.75) is 70.3 Å². The average Bonchev–Trinajstić information content (AvgIpc) is 3.12. The van der Waals surface area contributed by atoms with Crippen molar-refractivity contribution in [2.24, 2.45) is 0 Å². The number of aliphatic hydroxyl groups is 1. The van der Waals surface area contributed by atoms with Crippen molar-refractivity contribution in [1.29, 1.82) is 0 Å². The molecule has 0 saturated carbocycles. The Morgan fingerprint density at radius 1 is 1.14 bits per heavy atom. The predicted molar refractivity (Wildman–Crippen MR) is 122 cm³/mol. The number of benzene rings is 1. The van der Waals surface area contributed by atoms with Crippen molar-refractivity contribution in [1.82, 2.24) is 5.06 Å². The van der Waals surface area contributed by atoms with Gasteiger partial charge < -0.3 is 24.2 Å². The van der Waals surface area contributed by atoms with Crippen LogP contribution in [0, 0.1) is 0 Å². The first-order chi connectivity index (χ1) is 16.9. The first-order valence-corrected chi connectivity index (χ1v) is 11.7. The smallest absolute Gasteiger partial charge is 0.463 e. The SMILES string of the molecule is CCOC(=O)C(OC(=O)ON1C(=O)CCC1O)c1ccc(NC(=O)OC2/C=C/CCCCC2)cc1. The number of carbonyl (C=O) groups is 4. The molecule has 0 bridgehead atoms. The van der Waals surface area contributed by atoms with E-state index in [0.717, 1.165) is 32.1 Å². The maximum absolute atomic E-state index is 12.4. The molecular weight excluding hydrogens is 460 g/mol. The van der Waals surface area contributed by atoms with Gasteiger partial charge in [0.2, 0.25) is 6.10 Å². The second-order valence-electron chi connectivity index (χ2n) is 8.09. The van der Waals surface area contributed by atoms with Gasteiger partial charge in [-0.25, -0.2) is 14.4 Å². The Balaban J connectivity index is 1.61. The number of ether oxygens (including phenoxy) is 3. The van der Waals surface area contributed by atoms with E-state index in [9.17, 15) is 24.3 Å². The van der Waals surface area contributed by atoms with Gasteiger partial charge in [0.1, 0.15) is 6.10 Å². The van der Waals surface area contributed by atoms with E-state index in [4.69, 9.17) is 19.0 Å². The Morgan fingerprint density at radius 2 is 1.91 bits per heavy atom. The maximum Gasteiger partial charge on any atom is 0.534 e. The van der Waals surface area contributed by atoms with Gasteiger partial charge in [0.15, 0.2) is 6.23 Å². The molecule has 2 amide bonds. The number of hydroxylamine groups is 2. The fourth-order valence-electron chi connectivity index (χ4n) is 3.68. The summed E-state index contributed by atoms with van der Waals surface area (Å²) in [6.45, 7) is 1.63. The van der Waals surface area contributed by atoms with E-state index < -0.39 is 36.5 Å². The quantitative estimate of drug-likeness (QED) is 0.332. The van der Waals surface area contributed by atoms with Crippen LogP contribution in [0.25, 0.3) is 0 Å². The van der Waals surface area contributed by atoms with Crippen LogP contribution >= 0.6 is 0 Å². The summed E-state index contributed by atoms with van der Waals surface area (Å²) in [4.78, 5) is 53.3. The lowest BCUT2D eigenvalue weighted by Gasteiger charge is -2.21. The summed E-state index contributed by atoms with van der Waals surface area (Å²) in [5.74, 6) is -1.44. The zero-order chi connectivity index (χ0) is 25.2. The van der Waals surface area contributed by atoms with E-state index in [1.54, 1.807) is 6.92 Å². The van der Waals surface area contributed by atoms with Gasteiger partial charge >= 0.3 is 18.2 Å². The standard InChI is InChI=1S/C24H30N2O9/c1-2-32-22(29)21(34-24(31)35-26-19(27)14-15-20(26)28)16-10-12-17(13-11-16)25-23(30)33-18-8-6-4-3-5-7-9-18/h6,8,10-13,18-19,21,27H,2-5,7,9,14-15H2,1H3,(H,25,30)/b8-6+. The van der Waals surface area contributed by atoms with Crippen LogP contribution in [0.15, 0.2) is 36.4 Å². The van der Waals surface area contributed by atoms with E-state index in [0.29, 0.717) is 10.8 Å². The number of nitrogens with one attached hydrogen (secondary N) is 1. The molecule has 35 heavy (non-hydrogen) atoms. The Hall–Kier alpha value is -3.60. The van der Waals surface area contributed by atoms with Gasteiger partial charge in [0.25, 0.3) is 5.91 Å². The van der Waals surface area contributed by atoms with E-state index >= 15 is 0 Å². The van der Waals surface area contributed by atoms with Crippen molar-refractivity contribution in [3.63, 3.8) is 0 Å². The number of nitrogens with zero attached hydrogens (tertiary/aromatic N) is 1. The highest BCUT2D eigenvalue weighted by molar-refractivity contribution is 5.85. The highest BCUT2D eigenvalue weighted by atomic mass is 16.8. The summed E-state index contributed by atoms with van der Waals surface area (Å²) in [6.07, 6.45) is 3.98. The summed E-state index contributed by atoms with van der Waals surface area (Å²) in [5, 5.41) is 12.9. The molecule has 190 valence electrons. The molecule has 0 radical (unpaired) electrons. The molecule has 2 N–H and O–H groups in total. The molecule has 0 spiro atoms. The molecule has 1 aromatic carbocycles. The number of hydrogen-bond donors (Lipinski definition) is 2. The Bertz CT molecular complexity index is 931. The molecule has 1 fully saturated rings. The molecule has 3 rings (SSSR count). The summed E-state index contributed by atoms with van der Waals surface area (Å²) < 4.78 is 15.5. The van der Waals surface area contributed by atoms with Crippen LogP contribution in [0.5, 0.6) is 0 Å². The Labute approximate surface area is 202 Å². The van der Waals surface area contributed by atoms with Crippen molar-refractivity contribution in [3.8, 4) is 0 Å². The molecular formula is C24H30N2O9. The third-order valence-corrected chi connectivity index (χ3v) is 5.45. The zero-order valence-corrected chi connectivity index (χ0v) is 19.5. The second-order valence-corrected chi connectivity index (χ2v) is 8.09. The van der Waals surface area contributed by atoms with Gasteiger partial charge in [0.05, 0.1) is 6.61 Å². The number of anilines is 1. The molecule has 1 aliphatic carbocycles. The zero-order valence-electron chi connectivity index (χ0n) is 19.5. The largest absolute Gasteiger partial charge is 0.534 e. The summed E-state index contributed by atoms with van der Waals surface area (Å²) >= 11 is 0. The molecule has 3 atom stereocenters. The number of rotatable bonds is 7. The fourth-order valence-corrected chi connectivity index (χ4v) is 3.68. The predicted octanol–water partition coefficient (Wildman–Crippen LogP) is 3.74.